The Morgan fingerprint density at radius 2 is 2.00 bits per heavy atom. The van der Waals surface area contributed by atoms with Crippen molar-refractivity contribution in [3.63, 3.8) is 0 Å². The molecule has 0 heterocycles. The molecular formula is C13H26OS. The van der Waals surface area contributed by atoms with Gasteiger partial charge in [0.15, 0.2) is 0 Å². The first-order valence-electron chi connectivity index (χ1n) is 6.52. The van der Waals surface area contributed by atoms with E-state index in [4.69, 9.17) is 0 Å². The summed E-state index contributed by atoms with van der Waals surface area (Å²) in [6, 6.07) is 0. The van der Waals surface area contributed by atoms with Crippen LogP contribution in [0.5, 0.6) is 0 Å². The molecule has 1 aliphatic carbocycles. The van der Waals surface area contributed by atoms with E-state index < -0.39 is 0 Å². The zero-order chi connectivity index (χ0) is 11.1. The fraction of sp³-hybridized carbons (Fsp3) is 1.00. The molecule has 1 nitrogen and oxygen atoms in total. The molecule has 0 bridgehead atoms. The molecule has 0 radical (unpaired) electrons. The monoisotopic (exact) mass is 230 g/mol. The lowest BCUT2D eigenvalue weighted by molar-refractivity contribution is 0.166. The van der Waals surface area contributed by atoms with Crippen LogP contribution in [0.3, 0.4) is 0 Å². The molecule has 1 aliphatic rings. The summed E-state index contributed by atoms with van der Waals surface area (Å²) >= 11 is 2.00. The van der Waals surface area contributed by atoms with E-state index >= 15 is 0 Å². The first-order chi connectivity index (χ1) is 7.22. The average molecular weight is 230 g/mol. The van der Waals surface area contributed by atoms with Gasteiger partial charge in [-0.25, -0.2) is 0 Å². The molecular weight excluding hydrogens is 204 g/mol. The van der Waals surface area contributed by atoms with Crippen LogP contribution >= 0.6 is 11.8 Å². The van der Waals surface area contributed by atoms with Crippen LogP contribution in [0.2, 0.25) is 0 Å². The molecule has 1 fully saturated rings. The van der Waals surface area contributed by atoms with Crippen molar-refractivity contribution in [1.29, 1.82) is 0 Å². The normalized spacial score (nSPS) is 21.8. The van der Waals surface area contributed by atoms with E-state index in [0.29, 0.717) is 5.92 Å². The van der Waals surface area contributed by atoms with Crippen molar-refractivity contribution in [3.05, 3.63) is 0 Å². The van der Waals surface area contributed by atoms with Crippen molar-refractivity contribution in [3.8, 4) is 0 Å². The van der Waals surface area contributed by atoms with E-state index in [2.05, 4.69) is 13.8 Å². The summed E-state index contributed by atoms with van der Waals surface area (Å²) in [7, 11) is 0. The first-order valence-corrected chi connectivity index (χ1v) is 7.57. The van der Waals surface area contributed by atoms with Gasteiger partial charge in [-0.15, -0.1) is 0 Å². The Hall–Kier alpha value is 0.310. The highest BCUT2D eigenvalue weighted by atomic mass is 32.2. The third-order valence-corrected chi connectivity index (χ3v) is 4.80. The van der Waals surface area contributed by atoms with Crippen molar-refractivity contribution < 1.29 is 5.11 Å². The van der Waals surface area contributed by atoms with Crippen molar-refractivity contribution in [1.82, 2.24) is 0 Å². The number of aliphatic hydroxyl groups excluding tert-OH is 1. The Morgan fingerprint density at radius 1 is 1.33 bits per heavy atom. The molecule has 0 aromatic carbocycles. The summed E-state index contributed by atoms with van der Waals surface area (Å²) in [4.78, 5) is 0. The smallest absolute Gasteiger partial charge is 0.0633 e. The maximum Gasteiger partial charge on any atom is 0.0633 e. The van der Waals surface area contributed by atoms with E-state index in [1.54, 1.807) is 0 Å². The molecule has 0 aromatic heterocycles. The standard InChI is InChI=1S/C13H26OS/c1-3-6-11(2)9-12(14)10-15-13-7-4-5-8-13/h11-14H,3-10H2,1-2H3. The molecule has 2 unspecified atom stereocenters. The highest BCUT2D eigenvalue weighted by molar-refractivity contribution is 7.99. The molecule has 0 amide bonds. The Bertz CT molecular complexity index is 155. The number of aliphatic hydroxyl groups is 1. The van der Waals surface area contributed by atoms with Crippen LogP contribution in [-0.4, -0.2) is 22.2 Å². The summed E-state index contributed by atoms with van der Waals surface area (Å²) in [6.45, 7) is 4.48. The zero-order valence-electron chi connectivity index (χ0n) is 10.2. The van der Waals surface area contributed by atoms with Gasteiger partial charge >= 0.3 is 0 Å². The van der Waals surface area contributed by atoms with Gasteiger partial charge in [0.2, 0.25) is 0 Å². The minimum absolute atomic E-state index is 0.0721. The van der Waals surface area contributed by atoms with Gasteiger partial charge in [-0.2, -0.15) is 11.8 Å². The Balaban J connectivity index is 2.04. The van der Waals surface area contributed by atoms with Gasteiger partial charge in [0, 0.05) is 11.0 Å². The number of hydrogen-bond acceptors (Lipinski definition) is 2. The van der Waals surface area contributed by atoms with E-state index in [1.807, 2.05) is 11.8 Å². The molecule has 1 saturated carbocycles. The average Bonchev–Trinajstić information content (AvgIpc) is 2.67. The quantitative estimate of drug-likeness (QED) is 0.717. The number of hydrogen-bond donors (Lipinski definition) is 1. The van der Waals surface area contributed by atoms with Crippen LogP contribution in [0, 0.1) is 5.92 Å². The Kier molecular flexibility index (Phi) is 6.74. The Morgan fingerprint density at radius 3 is 2.60 bits per heavy atom. The van der Waals surface area contributed by atoms with Crippen LogP contribution in [0.4, 0.5) is 0 Å². The summed E-state index contributed by atoms with van der Waals surface area (Å²) in [5, 5.41) is 10.7. The molecule has 2 heteroatoms. The van der Waals surface area contributed by atoms with Crippen LogP contribution in [0.25, 0.3) is 0 Å². The van der Waals surface area contributed by atoms with Crippen molar-refractivity contribution >= 4 is 11.8 Å². The maximum absolute atomic E-state index is 9.89. The van der Waals surface area contributed by atoms with Gasteiger partial charge in [0.25, 0.3) is 0 Å². The number of thioether (sulfide) groups is 1. The molecule has 0 saturated heterocycles. The van der Waals surface area contributed by atoms with Crippen LogP contribution < -0.4 is 0 Å². The van der Waals surface area contributed by atoms with Crippen molar-refractivity contribution in [2.75, 3.05) is 5.75 Å². The fourth-order valence-electron chi connectivity index (χ4n) is 2.45. The molecule has 1 rings (SSSR count). The fourth-order valence-corrected chi connectivity index (χ4v) is 3.74. The second kappa shape index (κ2) is 7.56. The van der Waals surface area contributed by atoms with E-state index in [0.717, 1.165) is 17.4 Å². The highest BCUT2D eigenvalue weighted by Crippen LogP contribution is 2.30. The van der Waals surface area contributed by atoms with Gasteiger partial charge in [0.1, 0.15) is 0 Å². The third kappa shape index (κ3) is 5.82. The van der Waals surface area contributed by atoms with Gasteiger partial charge in [-0.05, 0) is 25.2 Å². The van der Waals surface area contributed by atoms with Crippen LogP contribution in [0.15, 0.2) is 0 Å². The molecule has 0 aromatic rings. The molecule has 0 aliphatic heterocycles. The molecule has 15 heavy (non-hydrogen) atoms. The molecule has 2 atom stereocenters. The topological polar surface area (TPSA) is 20.2 Å². The van der Waals surface area contributed by atoms with Gasteiger partial charge in [0.05, 0.1) is 6.10 Å². The lowest BCUT2D eigenvalue weighted by atomic mass is 10.00. The first kappa shape index (κ1) is 13.4. The predicted molar refractivity (Wildman–Crippen MR) is 69.4 cm³/mol. The van der Waals surface area contributed by atoms with Gasteiger partial charge in [-0.3, -0.25) is 0 Å². The van der Waals surface area contributed by atoms with Crippen LogP contribution in [0.1, 0.15) is 58.8 Å². The van der Waals surface area contributed by atoms with E-state index in [9.17, 15) is 5.11 Å². The molecule has 0 spiro atoms. The summed E-state index contributed by atoms with van der Waals surface area (Å²) in [5.74, 6) is 1.65. The zero-order valence-corrected chi connectivity index (χ0v) is 11.1. The van der Waals surface area contributed by atoms with Crippen molar-refractivity contribution in [2.24, 2.45) is 5.92 Å². The molecule has 1 N–H and O–H groups in total. The minimum Gasteiger partial charge on any atom is -0.392 e. The SMILES string of the molecule is CCCC(C)CC(O)CSC1CCCC1. The van der Waals surface area contributed by atoms with Gasteiger partial charge < -0.3 is 5.11 Å². The summed E-state index contributed by atoms with van der Waals surface area (Å²) in [6.07, 6.45) is 8.98. The number of rotatable bonds is 7. The minimum atomic E-state index is -0.0721. The molecule has 90 valence electrons. The lowest BCUT2D eigenvalue weighted by Gasteiger charge is -2.17. The summed E-state index contributed by atoms with van der Waals surface area (Å²) < 4.78 is 0. The van der Waals surface area contributed by atoms with E-state index in [1.165, 1.54) is 38.5 Å². The van der Waals surface area contributed by atoms with Crippen LogP contribution in [-0.2, 0) is 0 Å². The lowest BCUT2D eigenvalue weighted by Crippen LogP contribution is -2.16. The van der Waals surface area contributed by atoms with Gasteiger partial charge in [-0.1, -0.05) is 39.5 Å². The second-order valence-electron chi connectivity index (χ2n) is 5.02. The Labute approximate surface area is 99.0 Å². The predicted octanol–water partition coefficient (Wildman–Crippen LogP) is 3.85. The third-order valence-electron chi connectivity index (χ3n) is 3.28. The van der Waals surface area contributed by atoms with E-state index in [-0.39, 0.29) is 6.10 Å². The second-order valence-corrected chi connectivity index (χ2v) is 6.36. The maximum atomic E-state index is 9.89. The highest BCUT2D eigenvalue weighted by Gasteiger charge is 2.17. The van der Waals surface area contributed by atoms with Crippen molar-refractivity contribution in [2.45, 2.75) is 70.1 Å². The largest absolute Gasteiger partial charge is 0.392 e. The summed E-state index contributed by atoms with van der Waals surface area (Å²) in [5.41, 5.74) is 0.